The Bertz CT molecular complexity index is 2960. The van der Waals surface area contributed by atoms with Crippen LogP contribution in [0.2, 0.25) is 5.02 Å². The summed E-state index contributed by atoms with van der Waals surface area (Å²) in [7, 11) is -2.05. The number of halogens is 2. The zero-order valence-corrected chi connectivity index (χ0v) is 38.9. The Morgan fingerprint density at radius 2 is 1.62 bits per heavy atom. The van der Waals surface area contributed by atoms with Gasteiger partial charge < -0.3 is 15.0 Å². The molecule has 2 aromatic carbocycles. The zero-order chi connectivity index (χ0) is 46.0. The number of aryl methyl sites for hydroxylation is 2. The SMILES string of the molecule is Cc1cc(S(=O)(=O)C2CC(OC3CCC(CC4CCN(c5ccc6c(c5F)n(C)c(=O)n6C5CCC(=O)NC5=O)CC4)CC3)C2)ccc1Nc1ncc2cc(Cl)c(=O)n(C3CCCC3)c2n1. The van der Waals surface area contributed by atoms with Crippen molar-refractivity contribution >= 4 is 72.6 Å². The number of hydrogen-bond acceptors (Lipinski definition) is 11. The molecule has 5 aromatic rings. The van der Waals surface area contributed by atoms with Crippen LogP contribution < -0.4 is 26.8 Å². The van der Waals surface area contributed by atoms with Crippen molar-refractivity contribution in [3.05, 3.63) is 79.8 Å². The summed E-state index contributed by atoms with van der Waals surface area (Å²) in [5, 5.41) is 5.87. The van der Waals surface area contributed by atoms with Gasteiger partial charge >= 0.3 is 5.69 Å². The monoisotopic (exact) mass is 942 g/mol. The molecule has 0 spiro atoms. The second-order valence-electron chi connectivity index (χ2n) is 19.3. The molecule has 3 aliphatic carbocycles. The van der Waals surface area contributed by atoms with E-state index in [0.29, 0.717) is 71.6 Å². The van der Waals surface area contributed by atoms with Crippen LogP contribution in [0.5, 0.6) is 0 Å². The molecular weight excluding hydrogens is 887 g/mol. The van der Waals surface area contributed by atoms with E-state index in [4.69, 9.17) is 21.3 Å². The highest BCUT2D eigenvalue weighted by Crippen LogP contribution is 2.40. The van der Waals surface area contributed by atoms with Gasteiger partial charge in [-0.3, -0.25) is 33.4 Å². The number of amides is 2. The molecular formula is C48H56ClFN8O7S. The summed E-state index contributed by atoms with van der Waals surface area (Å²) in [5.74, 6) is 0.0457. The predicted molar refractivity (Wildman–Crippen MR) is 250 cm³/mol. The molecule has 66 heavy (non-hydrogen) atoms. The number of carbonyl (C=O) groups excluding carboxylic acids is 2. The molecule has 350 valence electrons. The van der Waals surface area contributed by atoms with Crippen LogP contribution in [0.3, 0.4) is 0 Å². The predicted octanol–water partition coefficient (Wildman–Crippen LogP) is 7.57. The molecule has 0 radical (unpaired) electrons. The molecule has 1 unspecified atom stereocenters. The fraction of sp³-hybridized carbons (Fsp3) is 0.542. The molecule has 3 saturated carbocycles. The van der Waals surface area contributed by atoms with Gasteiger partial charge in [0, 0.05) is 49.9 Å². The number of rotatable bonds is 11. The molecule has 2 saturated heterocycles. The number of piperidine rings is 2. The molecule has 1 atom stereocenters. The lowest BCUT2D eigenvalue weighted by molar-refractivity contribution is -0.135. The number of ether oxygens (including phenoxy) is 1. The Labute approximate surface area is 387 Å². The number of hydrogen-bond donors (Lipinski definition) is 2. The summed E-state index contributed by atoms with van der Waals surface area (Å²) in [5.41, 5.74) is 2.16. The van der Waals surface area contributed by atoms with Gasteiger partial charge in [-0.15, -0.1) is 0 Å². The van der Waals surface area contributed by atoms with E-state index in [0.717, 1.165) is 76.2 Å². The fourth-order valence-electron chi connectivity index (χ4n) is 11.3. The van der Waals surface area contributed by atoms with E-state index in [-0.39, 0.29) is 58.0 Å². The lowest BCUT2D eigenvalue weighted by atomic mass is 9.79. The van der Waals surface area contributed by atoms with E-state index in [1.807, 2.05) is 6.92 Å². The first-order valence-corrected chi connectivity index (χ1v) is 25.5. The van der Waals surface area contributed by atoms with E-state index < -0.39 is 38.5 Å². The number of sulfone groups is 1. The maximum atomic E-state index is 16.2. The number of benzene rings is 2. The van der Waals surface area contributed by atoms with Gasteiger partial charge in [-0.05, 0) is 138 Å². The standard InChI is InChI=1S/C48H56ClFN8O7S/c1-27-21-34(11-12-37(27)52-47-51-26-30-23-36(49)46(61)57(44(30)54-47)31-5-3-4-6-31)66(63,64)35-24-33(25-35)65-32-9-7-28(8-10-32)22-29-17-19-56(20-18-29)38-13-14-39-43(42(38)50)55(2)48(62)58(39)40-15-16-41(59)53-45(40)60/h11-14,21,23,26,28-29,31-33,35,40H,3-10,15-20,22,24-25H2,1-2H3,(H,51,52,54)(H,53,59,60). The number of anilines is 3. The third-order valence-corrected chi connectivity index (χ3v) is 17.6. The highest BCUT2D eigenvalue weighted by atomic mass is 35.5. The van der Waals surface area contributed by atoms with Gasteiger partial charge in [-0.1, -0.05) is 24.4 Å². The summed E-state index contributed by atoms with van der Waals surface area (Å²) >= 11 is 6.30. The number of imidazole rings is 1. The normalized spacial score (nSPS) is 24.5. The number of pyridine rings is 1. The van der Waals surface area contributed by atoms with Crippen molar-refractivity contribution in [1.29, 1.82) is 0 Å². The van der Waals surface area contributed by atoms with Crippen LogP contribution in [0.1, 0.15) is 114 Å². The van der Waals surface area contributed by atoms with Gasteiger partial charge in [0.05, 0.1) is 33.6 Å². The Kier molecular flexibility index (Phi) is 12.1. The van der Waals surface area contributed by atoms with Crippen molar-refractivity contribution in [2.75, 3.05) is 23.3 Å². The minimum atomic E-state index is -3.56. The fourth-order valence-corrected chi connectivity index (χ4v) is 13.5. The maximum Gasteiger partial charge on any atom is 0.329 e. The van der Waals surface area contributed by atoms with Gasteiger partial charge in [-0.2, -0.15) is 4.98 Å². The topological polar surface area (TPSA) is 180 Å². The molecule has 5 heterocycles. The highest BCUT2D eigenvalue weighted by Gasteiger charge is 2.42. The molecule has 0 bridgehead atoms. The van der Waals surface area contributed by atoms with Crippen molar-refractivity contribution in [3.63, 3.8) is 0 Å². The quantitative estimate of drug-likeness (QED) is 0.125. The minimum absolute atomic E-state index is 0.0387. The lowest BCUT2D eigenvalue weighted by Crippen LogP contribution is -2.44. The van der Waals surface area contributed by atoms with E-state index in [1.54, 1.807) is 47.2 Å². The average molecular weight is 944 g/mol. The molecule has 3 aromatic heterocycles. The molecule has 2 aliphatic heterocycles. The van der Waals surface area contributed by atoms with Crippen LogP contribution in [0.15, 0.2) is 57.1 Å². The van der Waals surface area contributed by atoms with Crippen molar-refractivity contribution in [3.8, 4) is 0 Å². The largest absolute Gasteiger partial charge is 0.375 e. The van der Waals surface area contributed by atoms with Crippen LogP contribution >= 0.6 is 11.6 Å². The van der Waals surface area contributed by atoms with Crippen molar-refractivity contribution < 1.29 is 27.1 Å². The second kappa shape index (κ2) is 17.8. The molecule has 2 amide bonds. The Hall–Kier alpha value is -5.13. The highest BCUT2D eigenvalue weighted by molar-refractivity contribution is 7.92. The first-order chi connectivity index (χ1) is 31.7. The second-order valence-corrected chi connectivity index (χ2v) is 22.0. The Balaban J connectivity index is 0.687. The maximum absolute atomic E-state index is 16.2. The first-order valence-electron chi connectivity index (χ1n) is 23.6. The van der Waals surface area contributed by atoms with Gasteiger partial charge in [0.2, 0.25) is 17.8 Å². The zero-order valence-electron chi connectivity index (χ0n) is 37.3. The number of imide groups is 1. The third kappa shape index (κ3) is 8.33. The van der Waals surface area contributed by atoms with Crippen molar-refractivity contribution in [2.45, 2.75) is 138 Å². The summed E-state index contributed by atoms with van der Waals surface area (Å²) in [4.78, 5) is 62.2. The van der Waals surface area contributed by atoms with Crippen LogP contribution in [0.25, 0.3) is 22.1 Å². The van der Waals surface area contributed by atoms with E-state index in [2.05, 4.69) is 20.5 Å². The Morgan fingerprint density at radius 3 is 2.33 bits per heavy atom. The minimum Gasteiger partial charge on any atom is -0.375 e. The summed E-state index contributed by atoms with van der Waals surface area (Å²) in [6.45, 7) is 3.27. The molecule has 5 aliphatic rings. The number of carbonyl (C=O) groups is 2. The summed E-state index contributed by atoms with van der Waals surface area (Å²) in [6, 6.07) is 9.26. The molecule has 10 rings (SSSR count). The molecule has 15 nitrogen and oxygen atoms in total. The molecule has 2 N–H and O–H groups in total. The van der Waals surface area contributed by atoms with Gasteiger partial charge in [0.15, 0.2) is 15.7 Å². The van der Waals surface area contributed by atoms with Crippen molar-refractivity contribution in [2.24, 2.45) is 18.9 Å². The molecule has 18 heteroatoms. The van der Waals surface area contributed by atoms with Crippen LogP contribution in [-0.2, 0) is 31.2 Å². The van der Waals surface area contributed by atoms with Crippen LogP contribution in [0, 0.1) is 24.6 Å². The van der Waals surface area contributed by atoms with Crippen molar-refractivity contribution in [1.82, 2.24) is 29.0 Å². The third-order valence-electron chi connectivity index (χ3n) is 15.2. The lowest BCUT2D eigenvalue weighted by Gasteiger charge is -2.40. The number of aromatic nitrogens is 5. The van der Waals surface area contributed by atoms with Crippen LogP contribution in [-0.4, -0.2) is 74.4 Å². The van der Waals surface area contributed by atoms with E-state index in [1.165, 1.54) is 16.2 Å². The van der Waals surface area contributed by atoms with E-state index >= 15 is 4.39 Å². The van der Waals surface area contributed by atoms with Gasteiger partial charge in [0.25, 0.3) is 5.56 Å². The smallest absolute Gasteiger partial charge is 0.329 e. The average Bonchev–Trinajstić information content (AvgIpc) is 3.90. The summed E-state index contributed by atoms with van der Waals surface area (Å²) < 4.78 is 54.4. The van der Waals surface area contributed by atoms with E-state index in [9.17, 15) is 27.6 Å². The molecule has 5 fully saturated rings. The number of nitrogens with one attached hydrogen (secondary N) is 2. The number of nitrogens with zero attached hydrogens (tertiary/aromatic N) is 6. The van der Waals surface area contributed by atoms with Crippen LogP contribution in [0.4, 0.5) is 21.7 Å². The Morgan fingerprint density at radius 1 is 0.894 bits per heavy atom. The number of fused-ring (bicyclic) bond motifs is 2. The van der Waals surface area contributed by atoms with Gasteiger partial charge in [0.1, 0.15) is 22.2 Å². The summed E-state index contributed by atoms with van der Waals surface area (Å²) in [6.07, 6.45) is 13.9. The first kappa shape index (κ1) is 44.7. The van der Waals surface area contributed by atoms with Gasteiger partial charge in [-0.25, -0.2) is 22.6 Å².